The lowest BCUT2D eigenvalue weighted by Crippen LogP contribution is -2.38. The minimum absolute atomic E-state index is 0.606. The van der Waals surface area contributed by atoms with Crippen molar-refractivity contribution in [3.8, 4) is 11.4 Å². The van der Waals surface area contributed by atoms with E-state index >= 15 is 0 Å². The molecule has 0 spiro atoms. The van der Waals surface area contributed by atoms with Gasteiger partial charge in [0.05, 0.1) is 12.0 Å². The zero-order valence-electron chi connectivity index (χ0n) is 15.3. The van der Waals surface area contributed by atoms with Gasteiger partial charge < -0.3 is 14.8 Å². The molecule has 3 aromatic heterocycles. The van der Waals surface area contributed by atoms with Gasteiger partial charge in [-0.25, -0.2) is 15.0 Å². The van der Waals surface area contributed by atoms with Crippen LogP contribution in [0, 0.1) is 5.92 Å². The maximum atomic E-state index is 4.99. The summed E-state index contributed by atoms with van der Waals surface area (Å²) in [6.45, 7) is 4.74. The van der Waals surface area contributed by atoms with Gasteiger partial charge >= 0.3 is 0 Å². The fraction of sp³-hybridized carbons (Fsp3) is 0.400. The number of rotatable bonds is 4. The summed E-state index contributed by atoms with van der Waals surface area (Å²) >= 11 is 0. The molecular weight excluding hydrogens is 338 g/mol. The highest BCUT2D eigenvalue weighted by molar-refractivity contribution is 5.60. The van der Waals surface area contributed by atoms with Crippen LogP contribution in [-0.4, -0.2) is 37.6 Å². The van der Waals surface area contributed by atoms with Gasteiger partial charge in [0.1, 0.15) is 5.82 Å². The molecule has 1 atom stereocenters. The Balaban J connectivity index is 1.46. The van der Waals surface area contributed by atoms with Crippen LogP contribution in [0.2, 0.25) is 0 Å². The van der Waals surface area contributed by atoms with Gasteiger partial charge in [0.15, 0.2) is 5.82 Å². The van der Waals surface area contributed by atoms with Crippen molar-refractivity contribution in [3.63, 3.8) is 0 Å². The van der Waals surface area contributed by atoms with Gasteiger partial charge in [0.2, 0.25) is 0 Å². The predicted octanol–water partition coefficient (Wildman–Crippen LogP) is 2.25. The van der Waals surface area contributed by atoms with Gasteiger partial charge in [-0.3, -0.25) is 4.98 Å². The quantitative estimate of drug-likeness (QED) is 0.769. The Bertz CT molecular complexity index is 908. The van der Waals surface area contributed by atoms with Crippen molar-refractivity contribution in [3.05, 3.63) is 54.5 Å². The summed E-state index contributed by atoms with van der Waals surface area (Å²) in [5, 5.41) is 3.44. The average Bonchev–Trinajstić information content (AvgIpc) is 3.40. The molecule has 0 radical (unpaired) electrons. The van der Waals surface area contributed by atoms with Crippen LogP contribution in [0.1, 0.15) is 24.1 Å². The Morgan fingerprint density at radius 1 is 1.15 bits per heavy atom. The lowest BCUT2D eigenvalue weighted by Gasteiger charge is -2.34. The summed E-state index contributed by atoms with van der Waals surface area (Å²) < 4.78 is 2.18. The first kappa shape index (κ1) is 16.4. The van der Waals surface area contributed by atoms with Crippen molar-refractivity contribution >= 4 is 5.82 Å². The number of nitrogens with one attached hydrogen (secondary N) is 1. The molecule has 27 heavy (non-hydrogen) atoms. The van der Waals surface area contributed by atoms with E-state index in [-0.39, 0.29) is 0 Å². The predicted molar refractivity (Wildman–Crippen MR) is 103 cm³/mol. The van der Waals surface area contributed by atoms with Crippen molar-refractivity contribution < 1.29 is 0 Å². The van der Waals surface area contributed by atoms with Gasteiger partial charge in [0, 0.05) is 68.6 Å². The standard InChI is InChI=1S/C20H23N7/c1-4-16(9-21-5-1)19-24-18-11-23-10-17(18)20(25-19)27-7-2-3-15(13-27)12-26-8-6-22-14-26/h1,4-6,8-9,14-15,23H,2-3,7,10-13H2/t15-/m0/s1. The number of imidazole rings is 1. The molecule has 138 valence electrons. The van der Waals surface area contributed by atoms with Crippen LogP contribution in [0.3, 0.4) is 0 Å². The maximum Gasteiger partial charge on any atom is 0.163 e. The lowest BCUT2D eigenvalue weighted by molar-refractivity contribution is 0.365. The third-order valence-corrected chi connectivity index (χ3v) is 5.43. The van der Waals surface area contributed by atoms with Gasteiger partial charge in [-0.2, -0.15) is 0 Å². The van der Waals surface area contributed by atoms with E-state index in [0.29, 0.717) is 5.92 Å². The topological polar surface area (TPSA) is 71.8 Å². The van der Waals surface area contributed by atoms with Crippen molar-refractivity contribution in [1.29, 1.82) is 0 Å². The molecule has 1 fully saturated rings. The summed E-state index contributed by atoms with van der Waals surface area (Å²) in [5.74, 6) is 2.48. The molecule has 0 unspecified atom stereocenters. The third-order valence-electron chi connectivity index (χ3n) is 5.43. The summed E-state index contributed by atoms with van der Waals surface area (Å²) in [4.78, 5) is 20.7. The second kappa shape index (κ2) is 7.08. The summed E-state index contributed by atoms with van der Waals surface area (Å²) in [5.41, 5.74) is 3.35. The highest BCUT2D eigenvalue weighted by Crippen LogP contribution is 2.31. The monoisotopic (exact) mass is 361 g/mol. The number of fused-ring (bicyclic) bond motifs is 1. The highest BCUT2D eigenvalue weighted by atomic mass is 15.2. The molecule has 0 saturated carbocycles. The molecule has 3 aromatic rings. The Morgan fingerprint density at radius 2 is 2.15 bits per heavy atom. The van der Waals surface area contributed by atoms with Crippen molar-refractivity contribution in [2.75, 3.05) is 18.0 Å². The largest absolute Gasteiger partial charge is 0.356 e. The number of hydrogen-bond acceptors (Lipinski definition) is 6. The van der Waals surface area contributed by atoms with E-state index in [1.807, 2.05) is 37.1 Å². The molecule has 1 saturated heterocycles. The van der Waals surface area contributed by atoms with Crippen LogP contribution in [0.25, 0.3) is 11.4 Å². The van der Waals surface area contributed by atoms with Crippen LogP contribution < -0.4 is 10.2 Å². The fourth-order valence-corrected chi connectivity index (χ4v) is 4.14. The van der Waals surface area contributed by atoms with Gasteiger partial charge in [-0.05, 0) is 30.9 Å². The molecule has 0 amide bonds. The minimum Gasteiger partial charge on any atom is -0.356 e. The summed E-state index contributed by atoms with van der Waals surface area (Å²) in [7, 11) is 0. The van der Waals surface area contributed by atoms with E-state index in [9.17, 15) is 0 Å². The lowest BCUT2D eigenvalue weighted by atomic mass is 9.97. The smallest absolute Gasteiger partial charge is 0.163 e. The van der Waals surface area contributed by atoms with E-state index in [1.165, 1.54) is 18.4 Å². The maximum absolute atomic E-state index is 4.99. The average molecular weight is 361 g/mol. The Hall–Kier alpha value is -2.80. The molecule has 7 heteroatoms. The fourth-order valence-electron chi connectivity index (χ4n) is 4.14. The zero-order chi connectivity index (χ0) is 18.1. The number of anilines is 1. The van der Waals surface area contributed by atoms with Crippen molar-refractivity contribution in [2.24, 2.45) is 5.92 Å². The summed E-state index contributed by atoms with van der Waals surface area (Å²) in [6, 6.07) is 3.96. The van der Waals surface area contributed by atoms with E-state index in [0.717, 1.165) is 55.6 Å². The molecule has 5 rings (SSSR count). The van der Waals surface area contributed by atoms with Crippen molar-refractivity contribution in [2.45, 2.75) is 32.5 Å². The van der Waals surface area contributed by atoms with Crippen LogP contribution in [0.15, 0.2) is 43.2 Å². The Labute approximate surface area is 158 Å². The van der Waals surface area contributed by atoms with E-state index in [2.05, 4.69) is 24.8 Å². The second-order valence-corrected chi connectivity index (χ2v) is 7.36. The summed E-state index contributed by atoms with van der Waals surface area (Å²) in [6.07, 6.45) is 11.9. The SMILES string of the molecule is c1cncc(-c2nc3c(c(N4CCC[C@@H](Cn5ccnc5)C4)n2)CNC3)c1. The van der Waals surface area contributed by atoms with E-state index < -0.39 is 0 Å². The number of piperidine rings is 1. The first-order valence-corrected chi connectivity index (χ1v) is 9.58. The molecule has 0 aliphatic carbocycles. The number of nitrogens with zero attached hydrogens (tertiary/aromatic N) is 6. The van der Waals surface area contributed by atoms with E-state index in [1.54, 1.807) is 6.20 Å². The molecule has 5 heterocycles. The normalized spacial score (nSPS) is 19.3. The van der Waals surface area contributed by atoms with Gasteiger partial charge in [0.25, 0.3) is 0 Å². The molecule has 7 nitrogen and oxygen atoms in total. The number of aromatic nitrogens is 5. The van der Waals surface area contributed by atoms with Crippen LogP contribution in [0.5, 0.6) is 0 Å². The first-order valence-electron chi connectivity index (χ1n) is 9.58. The first-order chi connectivity index (χ1) is 13.4. The molecule has 0 aromatic carbocycles. The zero-order valence-corrected chi connectivity index (χ0v) is 15.3. The molecule has 0 bridgehead atoms. The second-order valence-electron chi connectivity index (χ2n) is 7.36. The Morgan fingerprint density at radius 3 is 3.00 bits per heavy atom. The van der Waals surface area contributed by atoms with Gasteiger partial charge in [-0.15, -0.1) is 0 Å². The number of hydrogen-bond donors (Lipinski definition) is 1. The minimum atomic E-state index is 0.606. The molecule has 2 aliphatic rings. The van der Waals surface area contributed by atoms with Crippen LogP contribution >= 0.6 is 0 Å². The molecule has 2 aliphatic heterocycles. The molecule has 1 N–H and O–H groups in total. The van der Waals surface area contributed by atoms with Crippen LogP contribution in [-0.2, 0) is 19.6 Å². The van der Waals surface area contributed by atoms with Crippen molar-refractivity contribution in [1.82, 2.24) is 29.8 Å². The highest BCUT2D eigenvalue weighted by Gasteiger charge is 2.27. The van der Waals surface area contributed by atoms with E-state index in [4.69, 9.17) is 9.97 Å². The van der Waals surface area contributed by atoms with Crippen LogP contribution in [0.4, 0.5) is 5.82 Å². The van der Waals surface area contributed by atoms with Gasteiger partial charge in [-0.1, -0.05) is 0 Å². The molecular formula is C20H23N7. The Kier molecular flexibility index (Phi) is 4.29. The number of pyridine rings is 1. The third kappa shape index (κ3) is 3.30.